The number of ether oxygens (including phenoxy) is 1. The van der Waals surface area contributed by atoms with E-state index >= 15 is 0 Å². The number of benzene rings is 3. The monoisotopic (exact) mass is 496 g/mol. The van der Waals surface area contributed by atoms with Gasteiger partial charge in [0.1, 0.15) is 6.04 Å². The van der Waals surface area contributed by atoms with Gasteiger partial charge in [0.15, 0.2) is 0 Å². The molecule has 0 saturated carbocycles. The molecule has 2 aliphatic heterocycles. The summed E-state index contributed by atoms with van der Waals surface area (Å²) in [7, 11) is 0. The number of anilines is 2. The second-order valence-electron chi connectivity index (χ2n) is 9.34. The number of aryl methyl sites for hydroxylation is 1. The van der Waals surface area contributed by atoms with E-state index in [0.717, 1.165) is 27.6 Å². The summed E-state index contributed by atoms with van der Waals surface area (Å²) in [5.74, 6) is -0.251. The van der Waals surface area contributed by atoms with E-state index in [1.807, 2.05) is 62.4 Å². The number of rotatable bonds is 2. The molecular formula is C29H28N4O4. The number of hydrogen-bond donors (Lipinski definition) is 4. The van der Waals surface area contributed by atoms with Crippen LogP contribution in [0.5, 0.6) is 0 Å². The highest BCUT2D eigenvalue weighted by Gasteiger charge is 2.23. The summed E-state index contributed by atoms with van der Waals surface area (Å²) >= 11 is 0. The van der Waals surface area contributed by atoms with Crippen LogP contribution in [0.1, 0.15) is 41.1 Å². The standard InChI is InChI=1S/C29H28N4O4/c1-17-12-21-7-9-24(17)18(2)16-37-29(36)33-22-5-3-4-19(13-22)15-31-28(35)26(21)32-23-8-6-20-10-11-30-27(34)25(20)14-23/h3-14,18,26,32H,15-16H2,1-2H3,(H,30,34)(H,31,35)(H,33,36)/t18-,26+/m0/s1. The van der Waals surface area contributed by atoms with Crippen molar-refractivity contribution < 1.29 is 14.3 Å². The third-order valence-corrected chi connectivity index (χ3v) is 6.61. The highest BCUT2D eigenvalue weighted by atomic mass is 16.5. The number of pyridine rings is 1. The van der Waals surface area contributed by atoms with E-state index < -0.39 is 12.1 Å². The third-order valence-electron chi connectivity index (χ3n) is 6.61. The number of aromatic nitrogens is 1. The molecule has 2 atom stereocenters. The van der Waals surface area contributed by atoms with Gasteiger partial charge in [-0.05, 0) is 64.9 Å². The molecule has 0 saturated heterocycles. The molecule has 4 aromatic rings. The van der Waals surface area contributed by atoms with Gasteiger partial charge in [-0.3, -0.25) is 14.9 Å². The Kier molecular flexibility index (Phi) is 6.64. The van der Waals surface area contributed by atoms with E-state index in [1.165, 1.54) is 0 Å². The Morgan fingerprint density at radius 2 is 1.84 bits per heavy atom. The zero-order chi connectivity index (χ0) is 25.9. The van der Waals surface area contributed by atoms with Crippen LogP contribution < -0.4 is 21.5 Å². The highest BCUT2D eigenvalue weighted by Crippen LogP contribution is 2.28. The van der Waals surface area contributed by atoms with Crippen molar-refractivity contribution in [1.82, 2.24) is 10.3 Å². The van der Waals surface area contributed by atoms with E-state index in [-0.39, 0.29) is 30.5 Å². The summed E-state index contributed by atoms with van der Waals surface area (Å²) in [6.07, 6.45) is 1.09. The normalized spacial score (nSPS) is 18.1. The summed E-state index contributed by atoms with van der Waals surface area (Å²) in [6.45, 7) is 4.47. The molecule has 8 heteroatoms. The van der Waals surface area contributed by atoms with Crippen LogP contribution in [0.25, 0.3) is 10.8 Å². The van der Waals surface area contributed by atoms with Crippen LogP contribution in [-0.4, -0.2) is 23.6 Å². The summed E-state index contributed by atoms with van der Waals surface area (Å²) < 4.78 is 5.46. The molecule has 0 unspecified atom stereocenters. The van der Waals surface area contributed by atoms with Gasteiger partial charge in [0, 0.05) is 35.4 Å². The predicted octanol–water partition coefficient (Wildman–Crippen LogP) is 4.97. The molecule has 3 heterocycles. The van der Waals surface area contributed by atoms with Gasteiger partial charge >= 0.3 is 6.09 Å². The third kappa shape index (κ3) is 5.33. The lowest BCUT2D eigenvalue weighted by atomic mass is 9.93. The van der Waals surface area contributed by atoms with Crippen molar-refractivity contribution in [2.45, 2.75) is 32.4 Å². The van der Waals surface area contributed by atoms with Gasteiger partial charge in [0.05, 0.1) is 6.61 Å². The fourth-order valence-corrected chi connectivity index (χ4v) is 4.67. The van der Waals surface area contributed by atoms with Crippen molar-refractivity contribution in [3.63, 3.8) is 0 Å². The minimum atomic E-state index is -0.699. The molecule has 0 radical (unpaired) electrons. The van der Waals surface area contributed by atoms with Crippen molar-refractivity contribution in [2.75, 3.05) is 17.2 Å². The largest absolute Gasteiger partial charge is 0.449 e. The molecule has 4 N–H and O–H groups in total. The molecule has 8 nitrogen and oxygen atoms in total. The average Bonchev–Trinajstić information content (AvgIpc) is 2.89. The minimum Gasteiger partial charge on any atom is -0.449 e. The Balaban J connectivity index is 1.52. The van der Waals surface area contributed by atoms with Crippen molar-refractivity contribution >= 4 is 34.1 Å². The van der Waals surface area contributed by atoms with Crippen molar-refractivity contribution in [3.05, 3.63) is 106 Å². The molecule has 6 rings (SSSR count). The Bertz CT molecular complexity index is 1540. The Labute approximate surface area is 214 Å². The SMILES string of the molecule is Cc1cc2ccc1[C@@H](C)COC(=O)Nc1cccc(c1)CNC(=O)[C@@H]2Nc1ccc2cc[nH]c(=O)c2c1. The fraction of sp³-hybridized carbons (Fsp3) is 0.207. The van der Waals surface area contributed by atoms with Crippen LogP contribution in [0.4, 0.5) is 16.2 Å². The van der Waals surface area contributed by atoms with Gasteiger partial charge in [-0.15, -0.1) is 0 Å². The number of fused-ring (bicyclic) bond motifs is 10. The second kappa shape index (κ2) is 10.2. The molecule has 0 aliphatic carbocycles. The summed E-state index contributed by atoms with van der Waals surface area (Å²) in [6, 6.07) is 19.7. The van der Waals surface area contributed by atoms with Crippen LogP contribution in [0.15, 0.2) is 77.7 Å². The summed E-state index contributed by atoms with van der Waals surface area (Å²) in [4.78, 5) is 40.9. The van der Waals surface area contributed by atoms with Gasteiger partial charge in [0.25, 0.3) is 5.56 Å². The molecule has 0 fully saturated rings. The molecule has 37 heavy (non-hydrogen) atoms. The van der Waals surface area contributed by atoms with E-state index in [2.05, 4.69) is 20.9 Å². The van der Waals surface area contributed by atoms with Crippen LogP contribution in [0, 0.1) is 6.92 Å². The first kappa shape index (κ1) is 24.1. The van der Waals surface area contributed by atoms with Gasteiger partial charge in [-0.2, -0.15) is 0 Å². The van der Waals surface area contributed by atoms with E-state index in [1.54, 1.807) is 24.4 Å². The maximum atomic E-state index is 13.5. The second-order valence-corrected chi connectivity index (χ2v) is 9.34. The molecule has 188 valence electrons. The molecule has 1 aromatic heterocycles. The number of nitrogens with one attached hydrogen (secondary N) is 4. The predicted molar refractivity (Wildman–Crippen MR) is 144 cm³/mol. The maximum absolute atomic E-state index is 13.5. The lowest BCUT2D eigenvalue weighted by Gasteiger charge is -2.23. The number of carbonyl (C=O) groups is 2. The smallest absolute Gasteiger partial charge is 0.411 e. The number of amides is 2. The lowest BCUT2D eigenvalue weighted by Crippen LogP contribution is -2.33. The molecule has 2 amide bonds. The molecule has 4 bridgehead atoms. The zero-order valence-corrected chi connectivity index (χ0v) is 20.6. The van der Waals surface area contributed by atoms with Crippen LogP contribution in [-0.2, 0) is 16.1 Å². The van der Waals surface area contributed by atoms with Crippen molar-refractivity contribution in [3.8, 4) is 0 Å². The Morgan fingerprint density at radius 3 is 2.68 bits per heavy atom. The van der Waals surface area contributed by atoms with E-state index in [9.17, 15) is 14.4 Å². The number of aromatic amines is 1. The lowest BCUT2D eigenvalue weighted by molar-refractivity contribution is -0.122. The first-order valence-electron chi connectivity index (χ1n) is 12.2. The molecule has 0 spiro atoms. The van der Waals surface area contributed by atoms with Gasteiger partial charge in [-0.25, -0.2) is 4.79 Å². The maximum Gasteiger partial charge on any atom is 0.411 e. The first-order valence-corrected chi connectivity index (χ1v) is 12.2. The summed E-state index contributed by atoms with van der Waals surface area (Å²) in [5.41, 5.74) is 4.69. The first-order chi connectivity index (χ1) is 17.9. The quantitative estimate of drug-likeness (QED) is 0.313. The average molecular weight is 497 g/mol. The fourth-order valence-electron chi connectivity index (χ4n) is 4.67. The van der Waals surface area contributed by atoms with E-state index in [0.29, 0.717) is 16.8 Å². The van der Waals surface area contributed by atoms with Crippen molar-refractivity contribution in [2.24, 2.45) is 0 Å². The minimum absolute atomic E-state index is 0.0357. The van der Waals surface area contributed by atoms with Crippen LogP contribution >= 0.6 is 0 Å². The topological polar surface area (TPSA) is 112 Å². The highest BCUT2D eigenvalue weighted by molar-refractivity contribution is 5.89. The van der Waals surface area contributed by atoms with Crippen LogP contribution in [0.2, 0.25) is 0 Å². The van der Waals surface area contributed by atoms with Gasteiger partial charge in [-0.1, -0.05) is 43.3 Å². The van der Waals surface area contributed by atoms with Crippen molar-refractivity contribution in [1.29, 1.82) is 0 Å². The summed E-state index contributed by atoms with van der Waals surface area (Å²) in [5, 5.41) is 10.4. The Morgan fingerprint density at radius 1 is 0.973 bits per heavy atom. The van der Waals surface area contributed by atoms with Gasteiger partial charge in [0.2, 0.25) is 5.91 Å². The molecular weight excluding hydrogens is 468 g/mol. The molecule has 2 aliphatic rings. The van der Waals surface area contributed by atoms with E-state index in [4.69, 9.17) is 4.74 Å². The zero-order valence-electron chi connectivity index (χ0n) is 20.6. The Hall–Kier alpha value is -4.59. The number of carbonyl (C=O) groups excluding carboxylic acids is 2. The van der Waals surface area contributed by atoms with Gasteiger partial charge < -0.3 is 20.4 Å². The number of hydrogen-bond acceptors (Lipinski definition) is 5. The number of H-pyrrole nitrogens is 1. The van der Waals surface area contributed by atoms with Crippen LogP contribution in [0.3, 0.4) is 0 Å². The molecule has 3 aromatic carbocycles.